The van der Waals surface area contributed by atoms with Gasteiger partial charge in [0.05, 0.1) is 31.0 Å². The monoisotopic (exact) mass is 422 g/mol. The molecule has 9 heteroatoms. The van der Waals surface area contributed by atoms with Gasteiger partial charge in [-0.05, 0) is 45.4 Å². The van der Waals surface area contributed by atoms with E-state index in [9.17, 15) is 4.79 Å². The average Bonchev–Trinajstić information content (AvgIpc) is 3.15. The summed E-state index contributed by atoms with van der Waals surface area (Å²) >= 11 is 0. The van der Waals surface area contributed by atoms with Gasteiger partial charge in [-0.25, -0.2) is 19.3 Å². The summed E-state index contributed by atoms with van der Waals surface area (Å²) in [7, 11) is 1.60. The van der Waals surface area contributed by atoms with Crippen molar-refractivity contribution in [3.8, 4) is 17.0 Å². The second-order valence-electron chi connectivity index (χ2n) is 9.01. The summed E-state index contributed by atoms with van der Waals surface area (Å²) in [5.41, 5.74) is 1.97. The summed E-state index contributed by atoms with van der Waals surface area (Å²) in [5.74, 6) is 1.41. The summed E-state index contributed by atoms with van der Waals surface area (Å²) in [6.45, 7) is 7.15. The van der Waals surface area contributed by atoms with Crippen LogP contribution in [0.25, 0.3) is 16.8 Å². The van der Waals surface area contributed by atoms with Gasteiger partial charge < -0.3 is 14.4 Å². The van der Waals surface area contributed by atoms with E-state index < -0.39 is 5.60 Å². The number of carbonyl (C=O) groups is 1. The molecular weight excluding hydrogens is 396 g/mol. The molecule has 9 nitrogen and oxygen atoms in total. The highest BCUT2D eigenvalue weighted by Gasteiger charge is 2.49. The van der Waals surface area contributed by atoms with Gasteiger partial charge in [0.2, 0.25) is 5.88 Å². The fourth-order valence-corrected chi connectivity index (χ4v) is 4.39. The molecule has 2 bridgehead atoms. The molecule has 6 heterocycles. The van der Waals surface area contributed by atoms with Crippen molar-refractivity contribution in [2.45, 2.75) is 44.9 Å². The standard InChI is InChI=1S/C22H26N6O3/c1-22(2,3)31-21(29)28-14-10-15(28)13-26(12-14)18-7-9-27-19(25-18)17(11-24-27)16-6-5-8-23-20(16)30-4/h5-9,11,14-15H,10,12-13H2,1-4H3/t14-,15+. The molecule has 3 aromatic rings. The van der Waals surface area contributed by atoms with Crippen LogP contribution in [0.2, 0.25) is 0 Å². The number of piperidine rings is 1. The number of piperazine rings is 1. The first-order valence-corrected chi connectivity index (χ1v) is 10.4. The van der Waals surface area contributed by atoms with E-state index in [2.05, 4.69) is 15.0 Å². The molecule has 0 saturated carbocycles. The van der Waals surface area contributed by atoms with Crippen molar-refractivity contribution < 1.29 is 14.3 Å². The van der Waals surface area contributed by atoms with E-state index in [1.54, 1.807) is 24.0 Å². The summed E-state index contributed by atoms with van der Waals surface area (Å²) in [5, 5.41) is 4.43. The maximum atomic E-state index is 12.5. The van der Waals surface area contributed by atoms with Crippen LogP contribution in [-0.4, -0.2) is 68.5 Å². The highest BCUT2D eigenvalue weighted by atomic mass is 16.6. The van der Waals surface area contributed by atoms with Gasteiger partial charge in [-0.2, -0.15) is 5.10 Å². The maximum Gasteiger partial charge on any atom is 0.410 e. The van der Waals surface area contributed by atoms with E-state index in [1.807, 2.05) is 50.1 Å². The molecule has 3 saturated heterocycles. The topological polar surface area (TPSA) is 85.1 Å². The number of rotatable bonds is 3. The number of methoxy groups -OCH3 is 1. The molecule has 1 amide bonds. The number of carbonyl (C=O) groups excluding carboxylic acids is 1. The van der Waals surface area contributed by atoms with E-state index in [0.29, 0.717) is 5.88 Å². The number of hydrogen-bond donors (Lipinski definition) is 0. The van der Waals surface area contributed by atoms with Crippen molar-refractivity contribution in [1.82, 2.24) is 24.5 Å². The second kappa shape index (κ2) is 7.11. The van der Waals surface area contributed by atoms with Crippen LogP contribution in [-0.2, 0) is 4.74 Å². The van der Waals surface area contributed by atoms with Crippen molar-refractivity contribution in [3.63, 3.8) is 0 Å². The molecule has 2 atom stereocenters. The Labute approximate surface area is 180 Å². The molecule has 3 aliphatic heterocycles. The molecule has 0 N–H and O–H groups in total. The number of ether oxygens (including phenoxy) is 2. The fourth-order valence-electron chi connectivity index (χ4n) is 4.39. The van der Waals surface area contributed by atoms with Crippen LogP contribution in [0, 0.1) is 0 Å². The molecule has 0 aliphatic carbocycles. The van der Waals surface area contributed by atoms with Gasteiger partial charge in [-0.3, -0.25) is 4.90 Å². The van der Waals surface area contributed by atoms with Crippen molar-refractivity contribution in [2.24, 2.45) is 0 Å². The van der Waals surface area contributed by atoms with Crippen molar-refractivity contribution >= 4 is 17.6 Å². The smallest absolute Gasteiger partial charge is 0.410 e. The van der Waals surface area contributed by atoms with Crippen LogP contribution in [0.15, 0.2) is 36.8 Å². The van der Waals surface area contributed by atoms with Gasteiger partial charge in [-0.15, -0.1) is 0 Å². The van der Waals surface area contributed by atoms with Crippen LogP contribution in [0.1, 0.15) is 27.2 Å². The lowest BCUT2D eigenvalue weighted by Gasteiger charge is -2.56. The number of hydrogen-bond acceptors (Lipinski definition) is 7. The van der Waals surface area contributed by atoms with E-state index in [-0.39, 0.29) is 18.2 Å². The van der Waals surface area contributed by atoms with Crippen molar-refractivity contribution in [2.75, 3.05) is 25.1 Å². The lowest BCUT2D eigenvalue weighted by molar-refractivity contribution is -0.0380. The number of aromatic nitrogens is 4. The Hall–Kier alpha value is -3.36. The largest absolute Gasteiger partial charge is 0.481 e. The Morgan fingerprint density at radius 1 is 1.16 bits per heavy atom. The Morgan fingerprint density at radius 3 is 2.65 bits per heavy atom. The number of anilines is 1. The Kier molecular flexibility index (Phi) is 4.49. The van der Waals surface area contributed by atoms with Crippen molar-refractivity contribution in [1.29, 1.82) is 0 Å². The third-order valence-corrected chi connectivity index (χ3v) is 5.73. The molecule has 3 aliphatic rings. The average molecular weight is 422 g/mol. The lowest BCUT2D eigenvalue weighted by Crippen LogP contribution is -2.70. The first kappa shape index (κ1) is 19.6. The fraction of sp³-hybridized carbons (Fsp3) is 0.455. The number of amides is 1. The molecule has 31 heavy (non-hydrogen) atoms. The van der Waals surface area contributed by atoms with Gasteiger partial charge in [0.15, 0.2) is 5.65 Å². The summed E-state index contributed by atoms with van der Waals surface area (Å²) in [6.07, 6.45) is 6.17. The highest BCUT2D eigenvalue weighted by molar-refractivity contribution is 5.80. The minimum absolute atomic E-state index is 0.148. The van der Waals surface area contributed by atoms with E-state index in [1.165, 1.54) is 0 Å². The highest BCUT2D eigenvalue weighted by Crippen LogP contribution is 2.36. The maximum absolute atomic E-state index is 12.5. The Bertz CT molecular complexity index is 1130. The van der Waals surface area contributed by atoms with Crippen molar-refractivity contribution in [3.05, 3.63) is 36.8 Å². The third-order valence-electron chi connectivity index (χ3n) is 5.73. The zero-order chi connectivity index (χ0) is 21.8. The molecule has 3 aromatic heterocycles. The summed E-state index contributed by atoms with van der Waals surface area (Å²) in [4.78, 5) is 25.8. The van der Waals surface area contributed by atoms with Gasteiger partial charge in [0.25, 0.3) is 0 Å². The van der Waals surface area contributed by atoms with E-state index >= 15 is 0 Å². The molecule has 162 valence electrons. The van der Waals surface area contributed by atoms with Gasteiger partial charge in [-0.1, -0.05) is 0 Å². The summed E-state index contributed by atoms with van der Waals surface area (Å²) in [6, 6.07) is 6.08. The molecule has 3 fully saturated rings. The molecular formula is C22H26N6O3. The third kappa shape index (κ3) is 3.43. The molecule has 0 unspecified atom stereocenters. The van der Waals surface area contributed by atoms with Crippen LogP contribution in [0.4, 0.5) is 10.6 Å². The second-order valence-corrected chi connectivity index (χ2v) is 9.01. The van der Waals surface area contributed by atoms with E-state index in [0.717, 1.165) is 42.1 Å². The predicted octanol–water partition coefficient (Wildman–Crippen LogP) is 3.00. The molecule has 6 rings (SSSR count). The Balaban J connectivity index is 1.40. The lowest BCUT2D eigenvalue weighted by atomic mass is 9.88. The summed E-state index contributed by atoms with van der Waals surface area (Å²) < 4.78 is 12.7. The van der Waals surface area contributed by atoms with Gasteiger partial charge >= 0.3 is 6.09 Å². The van der Waals surface area contributed by atoms with Crippen LogP contribution < -0.4 is 9.64 Å². The first-order valence-electron chi connectivity index (χ1n) is 10.4. The quantitative estimate of drug-likeness (QED) is 0.641. The molecule has 0 spiro atoms. The number of fused-ring (bicyclic) bond motifs is 3. The number of pyridine rings is 1. The normalized spacial score (nSPS) is 20.5. The van der Waals surface area contributed by atoms with E-state index in [4.69, 9.17) is 14.5 Å². The Morgan fingerprint density at radius 2 is 1.94 bits per heavy atom. The van der Waals surface area contributed by atoms with Gasteiger partial charge in [0.1, 0.15) is 11.4 Å². The zero-order valence-corrected chi connectivity index (χ0v) is 18.1. The van der Waals surface area contributed by atoms with Gasteiger partial charge in [0, 0.05) is 31.0 Å². The zero-order valence-electron chi connectivity index (χ0n) is 18.1. The number of nitrogens with zero attached hydrogens (tertiary/aromatic N) is 6. The molecule has 0 aromatic carbocycles. The van der Waals surface area contributed by atoms with Crippen LogP contribution >= 0.6 is 0 Å². The predicted molar refractivity (Wildman–Crippen MR) is 115 cm³/mol. The molecule has 0 radical (unpaired) electrons. The van der Waals surface area contributed by atoms with Crippen LogP contribution in [0.3, 0.4) is 0 Å². The minimum atomic E-state index is -0.487. The first-order chi connectivity index (χ1) is 14.8. The van der Waals surface area contributed by atoms with Crippen LogP contribution in [0.5, 0.6) is 5.88 Å². The minimum Gasteiger partial charge on any atom is -0.481 e. The SMILES string of the molecule is COc1ncccc1-c1cnn2ccc(N3C[C@H]4C[C@@H](C3)N4C(=O)OC(C)(C)C)nc12.